The summed E-state index contributed by atoms with van der Waals surface area (Å²) in [6.07, 6.45) is -1.10. The highest BCUT2D eigenvalue weighted by Gasteiger charge is 2.10. The normalized spacial score (nSPS) is 20.0. The quantitative estimate of drug-likeness (QED) is 0.283. The van der Waals surface area contributed by atoms with E-state index in [1.165, 1.54) is 5.12 Å². The molecule has 52 valence electrons. The van der Waals surface area contributed by atoms with Crippen LogP contribution in [0.1, 0.15) is 0 Å². The van der Waals surface area contributed by atoms with Gasteiger partial charge >= 0.3 is 6.09 Å². The van der Waals surface area contributed by atoms with Crippen molar-refractivity contribution in [2.24, 2.45) is 0 Å². The molecule has 9 heavy (non-hydrogen) atoms. The predicted molar refractivity (Wildman–Crippen MR) is 27.3 cm³/mol. The molecule has 5 N–H and O–H groups in total. The lowest BCUT2D eigenvalue weighted by atomic mass is 11.1. The lowest BCUT2D eigenvalue weighted by Gasteiger charge is -2.10. The monoisotopic (exact) mass is 133 g/mol. The third-order valence-electron chi connectivity index (χ3n) is 0.747. The molecule has 7 nitrogen and oxygen atoms in total. The molecule has 0 aromatic heterocycles. The Hall–Kier alpha value is -0.890. The van der Waals surface area contributed by atoms with Gasteiger partial charge in [-0.15, -0.1) is 5.12 Å². The Bertz CT molecular complexity index is 110. The van der Waals surface area contributed by atoms with Crippen molar-refractivity contribution in [3.8, 4) is 0 Å². The maximum absolute atomic E-state index is 9.91. The van der Waals surface area contributed by atoms with E-state index in [2.05, 4.69) is 21.9 Å². The van der Waals surface area contributed by atoms with Crippen LogP contribution in [-0.4, -0.2) is 23.0 Å². The Balaban J connectivity index is 2.19. The molecule has 1 amide bonds. The van der Waals surface area contributed by atoms with E-state index in [4.69, 9.17) is 5.11 Å². The second kappa shape index (κ2) is 2.60. The first-order valence-corrected chi connectivity index (χ1v) is 2.29. The molecule has 0 aromatic carbocycles. The van der Waals surface area contributed by atoms with Gasteiger partial charge in [0.15, 0.2) is 0 Å². The van der Waals surface area contributed by atoms with Crippen molar-refractivity contribution in [3.05, 3.63) is 0 Å². The molecular weight excluding hydrogens is 126 g/mol. The minimum Gasteiger partial charge on any atom is -0.464 e. The Morgan fingerprint density at radius 2 is 2.56 bits per heavy atom. The van der Waals surface area contributed by atoms with Gasteiger partial charge in [0, 0.05) is 0 Å². The van der Waals surface area contributed by atoms with Gasteiger partial charge in [0.25, 0.3) is 0 Å². The number of nitrogens with one attached hydrogen (secondary N) is 4. The van der Waals surface area contributed by atoms with E-state index in [0.717, 1.165) is 0 Å². The zero-order chi connectivity index (χ0) is 6.69. The van der Waals surface area contributed by atoms with Crippen molar-refractivity contribution < 1.29 is 9.90 Å². The molecule has 0 saturated carbocycles. The summed E-state index contributed by atoms with van der Waals surface area (Å²) >= 11 is 0. The van der Waals surface area contributed by atoms with E-state index >= 15 is 0 Å². The van der Waals surface area contributed by atoms with Crippen LogP contribution in [0.3, 0.4) is 0 Å². The number of nitrogens with zero attached hydrogens (tertiary/aromatic N) is 1. The third kappa shape index (κ3) is 1.82. The van der Waals surface area contributed by atoms with E-state index in [1.807, 2.05) is 0 Å². The molecular formula is C2H7N5O2. The van der Waals surface area contributed by atoms with Gasteiger partial charge in [-0.2, -0.15) is 11.1 Å². The number of carbonyl (C=O) groups is 1. The van der Waals surface area contributed by atoms with Gasteiger partial charge in [-0.1, -0.05) is 0 Å². The second-order valence-corrected chi connectivity index (χ2v) is 1.42. The van der Waals surface area contributed by atoms with Crippen molar-refractivity contribution in [2.45, 2.75) is 0 Å². The lowest BCUT2D eigenvalue weighted by molar-refractivity contribution is 0.121. The van der Waals surface area contributed by atoms with Crippen molar-refractivity contribution in [1.82, 2.24) is 27.0 Å². The molecule has 0 unspecified atom stereocenters. The molecule has 1 aliphatic heterocycles. The van der Waals surface area contributed by atoms with Crippen LogP contribution in [0, 0.1) is 0 Å². The van der Waals surface area contributed by atoms with Crippen molar-refractivity contribution in [3.63, 3.8) is 0 Å². The SMILES string of the molecule is O=C(O)NN1CNNN1. The number of hydrogen-bond acceptors (Lipinski definition) is 5. The fourth-order valence-electron chi connectivity index (χ4n) is 0.448. The maximum Gasteiger partial charge on any atom is 0.420 e. The van der Waals surface area contributed by atoms with Gasteiger partial charge in [0.05, 0.1) is 6.67 Å². The molecule has 1 fully saturated rings. The standard InChI is InChI=1S/C2H7N5O2/c8-2(9)4-7-1-3-5-6-7/h3-6H,1H2,(H,8,9). The zero-order valence-corrected chi connectivity index (χ0v) is 4.51. The van der Waals surface area contributed by atoms with E-state index in [9.17, 15) is 4.79 Å². The highest BCUT2D eigenvalue weighted by Crippen LogP contribution is 1.73. The van der Waals surface area contributed by atoms with Gasteiger partial charge in [-0.25, -0.2) is 15.6 Å². The summed E-state index contributed by atoms with van der Waals surface area (Å²) in [5, 5.41) is 9.36. The summed E-state index contributed by atoms with van der Waals surface area (Å²) < 4.78 is 0. The van der Waals surface area contributed by atoms with Crippen LogP contribution in [0.15, 0.2) is 0 Å². The summed E-state index contributed by atoms with van der Waals surface area (Å²) in [4.78, 5) is 9.91. The van der Waals surface area contributed by atoms with Crippen LogP contribution in [0.5, 0.6) is 0 Å². The molecule has 0 spiro atoms. The predicted octanol–water partition coefficient (Wildman–Crippen LogP) is -2.04. The largest absolute Gasteiger partial charge is 0.464 e. The minimum absolute atomic E-state index is 0.381. The Morgan fingerprint density at radius 1 is 1.78 bits per heavy atom. The first-order chi connectivity index (χ1) is 4.29. The summed E-state index contributed by atoms with van der Waals surface area (Å²) in [5.74, 6) is 0. The zero-order valence-electron chi connectivity index (χ0n) is 4.51. The van der Waals surface area contributed by atoms with Crippen LogP contribution >= 0.6 is 0 Å². The molecule has 0 aromatic rings. The smallest absolute Gasteiger partial charge is 0.420 e. The highest BCUT2D eigenvalue weighted by atomic mass is 16.4. The summed E-state index contributed by atoms with van der Waals surface area (Å²) in [6.45, 7) is 0.381. The summed E-state index contributed by atoms with van der Waals surface area (Å²) in [7, 11) is 0. The van der Waals surface area contributed by atoms with E-state index in [0.29, 0.717) is 6.67 Å². The van der Waals surface area contributed by atoms with E-state index in [1.54, 1.807) is 0 Å². The molecule has 0 radical (unpaired) electrons. The topological polar surface area (TPSA) is 88.7 Å². The van der Waals surface area contributed by atoms with Crippen LogP contribution < -0.4 is 21.9 Å². The summed E-state index contributed by atoms with van der Waals surface area (Å²) in [6, 6.07) is 0. The van der Waals surface area contributed by atoms with Crippen molar-refractivity contribution in [1.29, 1.82) is 0 Å². The lowest BCUT2D eigenvalue weighted by Crippen LogP contribution is -2.48. The van der Waals surface area contributed by atoms with Gasteiger partial charge < -0.3 is 5.11 Å². The second-order valence-electron chi connectivity index (χ2n) is 1.42. The molecule has 1 saturated heterocycles. The molecule has 0 aliphatic carbocycles. The molecule has 1 rings (SSSR count). The molecule has 7 heteroatoms. The average Bonchev–Trinajstić information content (AvgIpc) is 2.15. The van der Waals surface area contributed by atoms with E-state index in [-0.39, 0.29) is 0 Å². The number of amides is 1. The van der Waals surface area contributed by atoms with Crippen LogP contribution in [0.25, 0.3) is 0 Å². The molecule has 1 heterocycles. The van der Waals surface area contributed by atoms with Gasteiger partial charge in [-0.05, 0) is 0 Å². The van der Waals surface area contributed by atoms with Crippen molar-refractivity contribution in [2.75, 3.05) is 6.67 Å². The van der Waals surface area contributed by atoms with Crippen molar-refractivity contribution >= 4 is 6.09 Å². The molecule has 0 bridgehead atoms. The van der Waals surface area contributed by atoms with Crippen LogP contribution in [-0.2, 0) is 0 Å². The van der Waals surface area contributed by atoms with Gasteiger partial charge in [0.1, 0.15) is 0 Å². The number of hydrogen-bond donors (Lipinski definition) is 5. The van der Waals surface area contributed by atoms with E-state index < -0.39 is 6.09 Å². The van der Waals surface area contributed by atoms with Gasteiger partial charge in [0.2, 0.25) is 0 Å². The third-order valence-corrected chi connectivity index (χ3v) is 0.747. The fraction of sp³-hybridized carbons (Fsp3) is 0.500. The van der Waals surface area contributed by atoms with Crippen LogP contribution in [0.4, 0.5) is 4.79 Å². The Kier molecular flexibility index (Phi) is 1.80. The first-order valence-electron chi connectivity index (χ1n) is 2.29. The molecule has 1 aliphatic rings. The minimum atomic E-state index is -1.10. The number of carboxylic acid groups (broad SMARTS) is 1. The average molecular weight is 133 g/mol. The number of rotatable bonds is 1. The number of hydrazine groups is 4. The first kappa shape index (κ1) is 6.23. The maximum atomic E-state index is 9.91. The fourth-order valence-corrected chi connectivity index (χ4v) is 0.448. The Labute approximate surface area is 50.9 Å². The highest BCUT2D eigenvalue weighted by molar-refractivity contribution is 5.63. The van der Waals surface area contributed by atoms with Crippen LogP contribution in [0.2, 0.25) is 0 Å². The Morgan fingerprint density at radius 3 is 3.00 bits per heavy atom. The van der Waals surface area contributed by atoms with Gasteiger partial charge in [-0.3, -0.25) is 0 Å². The molecule has 0 atom stereocenters. The summed E-state index contributed by atoms with van der Waals surface area (Å²) in [5.41, 5.74) is 9.62.